The summed E-state index contributed by atoms with van der Waals surface area (Å²) in [5.74, 6) is 1.45. The predicted octanol–water partition coefficient (Wildman–Crippen LogP) is 5.28. The number of aliphatic imine (C=N–C) groups is 1. The standard InChI is InChI=1S/C20H37NO2/c1-3-4-5-11-14-19(22)15-12-9-7-6-8-10-13-18(2)20-21-16-17-23-20/h9,12,18-19,22H,3-8,10-11,13-17H2,1-2H3. The number of aliphatic hydroxyl groups is 1. The van der Waals surface area contributed by atoms with Gasteiger partial charge in [-0.1, -0.05) is 64.5 Å². The fraction of sp³-hybridized carbons (Fsp3) is 0.850. The minimum atomic E-state index is -0.142. The first-order valence-electron chi connectivity index (χ1n) is 9.74. The Bertz CT molecular complexity index is 339. The van der Waals surface area contributed by atoms with Gasteiger partial charge in [-0.05, 0) is 32.1 Å². The van der Waals surface area contributed by atoms with Gasteiger partial charge in [0.2, 0.25) is 0 Å². The van der Waals surface area contributed by atoms with Gasteiger partial charge in [-0.15, -0.1) is 0 Å². The molecule has 2 unspecified atom stereocenters. The fourth-order valence-corrected chi connectivity index (χ4v) is 2.96. The van der Waals surface area contributed by atoms with Gasteiger partial charge < -0.3 is 9.84 Å². The van der Waals surface area contributed by atoms with E-state index in [2.05, 4.69) is 31.0 Å². The van der Waals surface area contributed by atoms with Crippen molar-refractivity contribution in [3.63, 3.8) is 0 Å². The summed E-state index contributed by atoms with van der Waals surface area (Å²) in [7, 11) is 0. The Hall–Kier alpha value is -0.830. The van der Waals surface area contributed by atoms with Gasteiger partial charge in [0, 0.05) is 5.92 Å². The zero-order valence-electron chi connectivity index (χ0n) is 15.3. The molecular weight excluding hydrogens is 286 g/mol. The van der Waals surface area contributed by atoms with Gasteiger partial charge >= 0.3 is 0 Å². The average Bonchev–Trinajstić information content (AvgIpc) is 3.08. The lowest BCUT2D eigenvalue weighted by Gasteiger charge is -2.10. The largest absolute Gasteiger partial charge is 0.479 e. The van der Waals surface area contributed by atoms with Crippen molar-refractivity contribution in [2.45, 2.75) is 90.6 Å². The number of hydrogen-bond donors (Lipinski definition) is 1. The van der Waals surface area contributed by atoms with Crippen molar-refractivity contribution in [1.82, 2.24) is 0 Å². The molecule has 0 fully saturated rings. The van der Waals surface area contributed by atoms with Gasteiger partial charge in [0.05, 0.1) is 12.6 Å². The number of rotatable bonds is 14. The molecule has 0 aliphatic carbocycles. The van der Waals surface area contributed by atoms with Crippen LogP contribution in [-0.2, 0) is 4.74 Å². The van der Waals surface area contributed by atoms with Crippen molar-refractivity contribution in [2.24, 2.45) is 10.9 Å². The summed E-state index contributed by atoms with van der Waals surface area (Å²) in [5.41, 5.74) is 0. The van der Waals surface area contributed by atoms with Crippen LogP contribution in [0.4, 0.5) is 0 Å². The van der Waals surface area contributed by atoms with E-state index in [1.807, 2.05) is 0 Å². The molecule has 2 atom stereocenters. The minimum absolute atomic E-state index is 0.142. The molecule has 0 aromatic carbocycles. The second-order valence-electron chi connectivity index (χ2n) is 6.82. The Morgan fingerprint density at radius 3 is 2.61 bits per heavy atom. The molecule has 23 heavy (non-hydrogen) atoms. The van der Waals surface area contributed by atoms with Crippen molar-refractivity contribution in [2.75, 3.05) is 13.2 Å². The molecule has 0 saturated heterocycles. The Kier molecular flexibility index (Phi) is 11.9. The molecule has 1 heterocycles. The molecule has 3 nitrogen and oxygen atoms in total. The van der Waals surface area contributed by atoms with Crippen LogP contribution in [0, 0.1) is 5.92 Å². The van der Waals surface area contributed by atoms with Crippen molar-refractivity contribution < 1.29 is 9.84 Å². The molecule has 0 bridgehead atoms. The summed E-state index contributed by atoms with van der Waals surface area (Å²) in [6.07, 6.45) is 17.1. The number of unbranched alkanes of at least 4 members (excludes halogenated alkanes) is 6. The number of nitrogens with zero attached hydrogens (tertiary/aromatic N) is 1. The van der Waals surface area contributed by atoms with Crippen LogP contribution in [0.3, 0.4) is 0 Å². The zero-order chi connectivity index (χ0) is 16.8. The first kappa shape index (κ1) is 20.2. The van der Waals surface area contributed by atoms with Gasteiger partial charge in [-0.25, -0.2) is 0 Å². The van der Waals surface area contributed by atoms with Crippen molar-refractivity contribution >= 4 is 5.90 Å². The van der Waals surface area contributed by atoms with Gasteiger partial charge in [0.25, 0.3) is 0 Å². The highest BCUT2D eigenvalue weighted by Gasteiger charge is 2.15. The van der Waals surface area contributed by atoms with Crippen LogP contribution in [0.1, 0.15) is 84.5 Å². The molecule has 3 heteroatoms. The minimum Gasteiger partial charge on any atom is -0.479 e. The van der Waals surface area contributed by atoms with Crippen molar-refractivity contribution in [3.8, 4) is 0 Å². The molecule has 0 aromatic heterocycles. The zero-order valence-corrected chi connectivity index (χ0v) is 15.3. The summed E-state index contributed by atoms with van der Waals surface area (Å²) in [5, 5.41) is 9.88. The summed E-state index contributed by atoms with van der Waals surface area (Å²) >= 11 is 0. The topological polar surface area (TPSA) is 41.8 Å². The van der Waals surface area contributed by atoms with Crippen molar-refractivity contribution in [1.29, 1.82) is 0 Å². The van der Waals surface area contributed by atoms with Crippen LogP contribution >= 0.6 is 0 Å². The Morgan fingerprint density at radius 2 is 1.87 bits per heavy atom. The molecule has 134 valence electrons. The van der Waals surface area contributed by atoms with Crippen LogP contribution in [-0.4, -0.2) is 30.3 Å². The second kappa shape index (κ2) is 13.6. The first-order chi connectivity index (χ1) is 11.2. The van der Waals surface area contributed by atoms with Gasteiger partial charge in [-0.2, -0.15) is 0 Å². The number of aliphatic hydroxyl groups excluding tert-OH is 1. The molecule has 0 saturated carbocycles. The van der Waals surface area contributed by atoms with Crippen molar-refractivity contribution in [3.05, 3.63) is 12.2 Å². The van der Waals surface area contributed by atoms with E-state index in [9.17, 15) is 5.11 Å². The third-order valence-electron chi connectivity index (χ3n) is 4.50. The average molecular weight is 324 g/mol. The highest BCUT2D eigenvalue weighted by Crippen LogP contribution is 2.15. The normalized spacial score (nSPS) is 17.3. The lowest BCUT2D eigenvalue weighted by Crippen LogP contribution is -2.11. The second-order valence-corrected chi connectivity index (χ2v) is 6.82. The third kappa shape index (κ3) is 10.5. The molecule has 0 amide bonds. The maximum Gasteiger partial charge on any atom is 0.186 e. The Balaban J connectivity index is 1.89. The van der Waals surface area contributed by atoms with E-state index >= 15 is 0 Å². The maximum atomic E-state index is 9.88. The highest BCUT2D eigenvalue weighted by molar-refractivity contribution is 5.79. The molecule has 1 rings (SSSR count). The number of ether oxygens (including phenoxy) is 1. The Labute approximate surface area is 143 Å². The summed E-state index contributed by atoms with van der Waals surface area (Å²) < 4.78 is 5.50. The van der Waals surface area contributed by atoms with Gasteiger partial charge in [0.15, 0.2) is 5.90 Å². The Morgan fingerprint density at radius 1 is 1.09 bits per heavy atom. The fourth-order valence-electron chi connectivity index (χ4n) is 2.96. The van der Waals surface area contributed by atoms with E-state index in [0.29, 0.717) is 5.92 Å². The smallest absolute Gasteiger partial charge is 0.186 e. The quantitative estimate of drug-likeness (QED) is 0.349. The van der Waals surface area contributed by atoms with Crippen LogP contribution in [0.15, 0.2) is 17.1 Å². The molecule has 1 aliphatic heterocycles. The number of allylic oxidation sites excluding steroid dienone is 1. The monoisotopic (exact) mass is 323 g/mol. The molecular formula is C20H37NO2. The molecule has 1 N–H and O–H groups in total. The number of hydrogen-bond acceptors (Lipinski definition) is 3. The van der Waals surface area contributed by atoms with Crippen LogP contribution in [0.25, 0.3) is 0 Å². The maximum absolute atomic E-state index is 9.88. The van der Waals surface area contributed by atoms with Gasteiger partial charge in [0.1, 0.15) is 6.61 Å². The van der Waals surface area contributed by atoms with E-state index in [4.69, 9.17) is 4.74 Å². The lowest BCUT2D eigenvalue weighted by molar-refractivity contribution is 0.163. The van der Waals surface area contributed by atoms with Gasteiger partial charge in [-0.3, -0.25) is 4.99 Å². The summed E-state index contributed by atoms with van der Waals surface area (Å²) in [6, 6.07) is 0. The van der Waals surface area contributed by atoms with E-state index in [1.165, 1.54) is 44.9 Å². The third-order valence-corrected chi connectivity index (χ3v) is 4.50. The highest BCUT2D eigenvalue weighted by atomic mass is 16.5. The van der Waals surface area contributed by atoms with Crippen LogP contribution in [0.2, 0.25) is 0 Å². The van der Waals surface area contributed by atoms with Crippen LogP contribution < -0.4 is 0 Å². The summed E-state index contributed by atoms with van der Waals surface area (Å²) in [4.78, 5) is 4.38. The molecule has 0 radical (unpaired) electrons. The molecule has 0 aromatic rings. The lowest BCUT2D eigenvalue weighted by atomic mass is 10.0. The van der Waals surface area contributed by atoms with Crippen LogP contribution in [0.5, 0.6) is 0 Å². The molecule has 0 spiro atoms. The van der Waals surface area contributed by atoms with E-state index in [1.54, 1.807) is 0 Å². The van der Waals surface area contributed by atoms with E-state index in [0.717, 1.165) is 44.7 Å². The van der Waals surface area contributed by atoms with E-state index in [-0.39, 0.29) is 6.10 Å². The SMILES string of the molecule is CCCCCCC(O)CC=CCCCCCC(C)C1=NCCO1. The first-order valence-corrected chi connectivity index (χ1v) is 9.74. The molecule has 1 aliphatic rings. The predicted molar refractivity (Wildman–Crippen MR) is 99.0 cm³/mol. The van der Waals surface area contributed by atoms with E-state index < -0.39 is 0 Å². The summed E-state index contributed by atoms with van der Waals surface area (Å²) in [6.45, 7) is 6.05.